The van der Waals surface area contributed by atoms with E-state index in [1.807, 2.05) is 6.08 Å². The summed E-state index contributed by atoms with van der Waals surface area (Å²) in [6, 6.07) is 0. The van der Waals surface area contributed by atoms with Gasteiger partial charge in [-0.3, -0.25) is 19.2 Å². The summed E-state index contributed by atoms with van der Waals surface area (Å²) in [6.07, 6.45) is 9.99. The lowest BCUT2D eigenvalue weighted by molar-refractivity contribution is -0.160. The average Bonchev–Trinajstić information content (AvgIpc) is 3.12. The van der Waals surface area contributed by atoms with Crippen LogP contribution in [-0.4, -0.2) is 41.5 Å². The van der Waals surface area contributed by atoms with Gasteiger partial charge < -0.3 is 14.6 Å². The van der Waals surface area contributed by atoms with Crippen LogP contribution in [-0.2, 0) is 28.7 Å². The van der Waals surface area contributed by atoms with E-state index < -0.39 is 11.9 Å². The number of ketones is 1. The minimum Gasteiger partial charge on any atom is -0.481 e. The highest BCUT2D eigenvalue weighted by Crippen LogP contribution is 2.65. The van der Waals surface area contributed by atoms with E-state index in [9.17, 15) is 19.2 Å². The van der Waals surface area contributed by atoms with Gasteiger partial charge in [-0.15, -0.1) is 0 Å². The zero-order valence-corrected chi connectivity index (χ0v) is 20.5. The number of ether oxygens (including phenoxy) is 2. The Labute approximate surface area is 201 Å². The molecule has 3 saturated carbocycles. The predicted octanol–water partition coefficient (Wildman–Crippen LogP) is 4.62. The van der Waals surface area contributed by atoms with Crippen LogP contribution in [0.4, 0.5) is 0 Å². The second-order valence-corrected chi connectivity index (χ2v) is 11.3. The summed E-state index contributed by atoms with van der Waals surface area (Å²) in [6.45, 7) is 4.78. The average molecular weight is 475 g/mol. The van der Waals surface area contributed by atoms with Gasteiger partial charge in [0.05, 0.1) is 19.4 Å². The Morgan fingerprint density at radius 2 is 1.76 bits per heavy atom. The predicted molar refractivity (Wildman–Crippen MR) is 124 cm³/mol. The SMILES string of the molecule is C[C@]12CC[C@H]3[C@@H](CCC4=CC(=O)CC[C@@]43C)[C@@H]1CC[C@@H]2OC(=O)CCCOC(=O)CCC(=O)O. The van der Waals surface area contributed by atoms with Gasteiger partial charge in [-0.2, -0.15) is 0 Å². The molecule has 7 nitrogen and oxygen atoms in total. The van der Waals surface area contributed by atoms with E-state index in [0.29, 0.717) is 30.6 Å². The molecular formula is C27H38O7. The van der Waals surface area contributed by atoms with Crippen LogP contribution in [0.2, 0.25) is 0 Å². The van der Waals surface area contributed by atoms with E-state index >= 15 is 0 Å². The molecule has 4 rings (SSSR count). The molecule has 0 aliphatic heterocycles. The first kappa shape index (κ1) is 24.9. The molecule has 4 aliphatic carbocycles. The molecule has 3 fully saturated rings. The number of fused-ring (bicyclic) bond motifs is 5. The minimum atomic E-state index is -1.04. The maximum absolute atomic E-state index is 12.5. The third-order valence-electron chi connectivity index (χ3n) is 9.48. The van der Waals surface area contributed by atoms with Crippen molar-refractivity contribution in [3.63, 3.8) is 0 Å². The van der Waals surface area contributed by atoms with Crippen molar-refractivity contribution in [1.82, 2.24) is 0 Å². The van der Waals surface area contributed by atoms with E-state index in [-0.39, 0.29) is 54.6 Å². The Kier molecular flexibility index (Phi) is 7.20. The molecule has 0 bridgehead atoms. The van der Waals surface area contributed by atoms with E-state index in [1.54, 1.807) is 0 Å². The highest BCUT2D eigenvalue weighted by Gasteiger charge is 2.59. The van der Waals surface area contributed by atoms with E-state index in [2.05, 4.69) is 13.8 Å². The van der Waals surface area contributed by atoms with Crippen LogP contribution in [0.25, 0.3) is 0 Å². The smallest absolute Gasteiger partial charge is 0.306 e. The van der Waals surface area contributed by atoms with E-state index in [0.717, 1.165) is 44.9 Å². The van der Waals surface area contributed by atoms with Gasteiger partial charge in [0.2, 0.25) is 0 Å². The fourth-order valence-electron chi connectivity index (χ4n) is 7.61. The van der Waals surface area contributed by atoms with Gasteiger partial charge in [-0.05, 0) is 80.6 Å². The van der Waals surface area contributed by atoms with Crippen LogP contribution < -0.4 is 0 Å². The number of carbonyl (C=O) groups excluding carboxylic acids is 3. The summed E-state index contributed by atoms with van der Waals surface area (Å²) >= 11 is 0. The molecule has 6 atom stereocenters. The molecule has 0 aromatic carbocycles. The number of esters is 2. The van der Waals surface area contributed by atoms with Crippen LogP contribution in [0, 0.1) is 28.6 Å². The molecule has 7 heteroatoms. The number of carbonyl (C=O) groups is 4. The molecule has 0 amide bonds. The van der Waals surface area contributed by atoms with Crippen LogP contribution in [0.1, 0.15) is 90.9 Å². The molecule has 34 heavy (non-hydrogen) atoms. The number of hydrogen-bond donors (Lipinski definition) is 1. The van der Waals surface area contributed by atoms with Crippen molar-refractivity contribution in [3.8, 4) is 0 Å². The van der Waals surface area contributed by atoms with Crippen molar-refractivity contribution in [2.24, 2.45) is 28.6 Å². The van der Waals surface area contributed by atoms with Crippen molar-refractivity contribution >= 4 is 23.7 Å². The zero-order chi connectivity index (χ0) is 24.5. The van der Waals surface area contributed by atoms with Crippen LogP contribution in [0.3, 0.4) is 0 Å². The molecular weight excluding hydrogens is 436 g/mol. The molecule has 1 N–H and O–H groups in total. The summed E-state index contributed by atoms with van der Waals surface area (Å²) < 4.78 is 11.0. The summed E-state index contributed by atoms with van der Waals surface area (Å²) in [5.74, 6) is 0.241. The maximum atomic E-state index is 12.5. The normalized spacial score (nSPS) is 36.5. The van der Waals surface area contributed by atoms with Crippen LogP contribution >= 0.6 is 0 Å². The Bertz CT molecular complexity index is 876. The molecule has 0 spiro atoms. The molecule has 4 aliphatic rings. The first-order valence-corrected chi connectivity index (χ1v) is 12.9. The first-order valence-electron chi connectivity index (χ1n) is 12.9. The number of carboxylic acid groups (broad SMARTS) is 1. The molecule has 0 unspecified atom stereocenters. The zero-order valence-electron chi connectivity index (χ0n) is 20.5. The number of aliphatic carboxylic acids is 1. The Morgan fingerprint density at radius 1 is 0.971 bits per heavy atom. The highest BCUT2D eigenvalue weighted by atomic mass is 16.5. The van der Waals surface area contributed by atoms with Gasteiger partial charge in [-0.1, -0.05) is 19.4 Å². The van der Waals surface area contributed by atoms with Gasteiger partial charge in [0.1, 0.15) is 6.10 Å². The van der Waals surface area contributed by atoms with E-state index in [4.69, 9.17) is 14.6 Å². The Balaban J connectivity index is 1.29. The maximum Gasteiger partial charge on any atom is 0.306 e. The lowest BCUT2D eigenvalue weighted by Crippen LogP contribution is -2.51. The second kappa shape index (κ2) is 9.82. The monoisotopic (exact) mass is 474 g/mol. The molecule has 0 aromatic rings. The Hall–Kier alpha value is -2.18. The van der Waals surface area contributed by atoms with Crippen molar-refractivity contribution < 1.29 is 33.8 Å². The lowest BCUT2D eigenvalue weighted by Gasteiger charge is -2.57. The Morgan fingerprint density at radius 3 is 2.53 bits per heavy atom. The standard InChI is InChI=1S/C27H38O7/c1-26-13-11-18(28)16-17(26)5-6-19-20-7-8-22(27(20,2)14-12-21(19)26)34-25(32)4-3-15-33-24(31)10-9-23(29)30/h16,19-22H,3-15H2,1-2H3,(H,29,30)/t19-,20-,21-,22-,26-,27-/m0/s1. The number of rotatable bonds is 8. The highest BCUT2D eigenvalue weighted by molar-refractivity contribution is 5.91. The molecule has 0 saturated heterocycles. The van der Waals surface area contributed by atoms with Gasteiger partial charge in [-0.25, -0.2) is 0 Å². The van der Waals surface area contributed by atoms with Gasteiger partial charge >= 0.3 is 17.9 Å². The minimum absolute atomic E-state index is 0.00217. The molecule has 0 heterocycles. The van der Waals surface area contributed by atoms with Gasteiger partial charge in [0.15, 0.2) is 5.78 Å². The van der Waals surface area contributed by atoms with Crippen molar-refractivity contribution in [2.45, 2.75) is 97.0 Å². The van der Waals surface area contributed by atoms with Crippen LogP contribution in [0.15, 0.2) is 11.6 Å². The number of allylic oxidation sites excluding steroid dienone is 1. The number of hydrogen-bond acceptors (Lipinski definition) is 6. The largest absolute Gasteiger partial charge is 0.481 e. The van der Waals surface area contributed by atoms with Gasteiger partial charge in [0.25, 0.3) is 0 Å². The van der Waals surface area contributed by atoms with E-state index in [1.165, 1.54) is 5.57 Å². The fourth-order valence-corrected chi connectivity index (χ4v) is 7.61. The third-order valence-corrected chi connectivity index (χ3v) is 9.48. The van der Waals surface area contributed by atoms with Crippen LogP contribution in [0.5, 0.6) is 0 Å². The second-order valence-electron chi connectivity index (χ2n) is 11.3. The summed E-state index contributed by atoms with van der Waals surface area (Å²) in [4.78, 5) is 46.5. The first-order chi connectivity index (χ1) is 16.1. The molecule has 0 aromatic heterocycles. The molecule has 188 valence electrons. The molecule has 0 radical (unpaired) electrons. The summed E-state index contributed by atoms with van der Waals surface area (Å²) in [5.41, 5.74) is 1.52. The van der Waals surface area contributed by atoms with Crippen molar-refractivity contribution in [2.75, 3.05) is 6.61 Å². The summed E-state index contributed by atoms with van der Waals surface area (Å²) in [7, 11) is 0. The quantitative estimate of drug-likeness (QED) is 0.404. The van der Waals surface area contributed by atoms with Crippen molar-refractivity contribution in [1.29, 1.82) is 0 Å². The number of carboxylic acids is 1. The fraction of sp³-hybridized carbons (Fsp3) is 0.778. The summed E-state index contributed by atoms with van der Waals surface area (Å²) in [5, 5.41) is 8.60. The van der Waals surface area contributed by atoms with Gasteiger partial charge in [0, 0.05) is 18.3 Å². The van der Waals surface area contributed by atoms with Crippen molar-refractivity contribution in [3.05, 3.63) is 11.6 Å². The lowest BCUT2D eigenvalue weighted by atomic mass is 9.47. The topological polar surface area (TPSA) is 107 Å². The third kappa shape index (κ3) is 4.80.